The minimum Gasteiger partial charge on any atom is -0.479 e. The van der Waals surface area contributed by atoms with Gasteiger partial charge in [0.2, 0.25) is 0 Å². The second-order valence-electron chi connectivity index (χ2n) is 3.43. The maximum atomic E-state index is 11.5. The Labute approximate surface area is 96.3 Å². The van der Waals surface area contributed by atoms with Gasteiger partial charge in [0.15, 0.2) is 6.10 Å². The number of aliphatic hydroxyl groups excluding tert-OH is 1. The number of nitrogens with one attached hydrogen (secondary N) is 1. The number of aromatic nitrogens is 1. The van der Waals surface area contributed by atoms with E-state index in [1.54, 1.807) is 0 Å². The van der Waals surface area contributed by atoms with Crippen molar-refractivity contribution in [1.82, 2.24) is 9.88 Å². The summed E-state index contributed by atoms with van der Waals surface area (Å²) in [5, 5.41) is 19.5. The van der Waals surface area contributed by atoms with Gasteiger partial charge in [-0.1, -0.05) is 0 Å². The normalized spacial score (nSPS) is 11.9. The van der Waals surface area contributed by atoms with Crippen LogP contribution in [0.4, 0.5) is 0 Å². The van der Waals surface area contributed by atoms with Crippen LogP contribution in [-0.2, 0) is 11.8 Å². The molecule has 7 heteroatoms. The summed E-state index contributed by atoms with van der Waals surface area (Å²) in [6.45, 7) is -0.413. The largest absolute Gasteiger partial charge is 0.479 e. The highest BCUT2D eigenvalue weighted by Crippen LogP contribution is 1.94. The lowest BCUT2D eigenvalue weighted by atomic mass is 10.2. The van der Waals surface area contributed by atoms with Gasteiger partial charge in [0.25, 0.3) is 11.5 Å². The van der Waals surface area contributed by atoms with Crippen molar-refractivity contribution in [2.24, 2.45) is 7.05 Å². The van der Waals surface area contributed by atoms with Gasteiger partial charge in [-0.05, 0) is 6.07 Å². The van der Waals surface area contributed by atoms with Crippen molar-refractivity contribution < 1.29 is 19.8 Å². The Morgan fingerprint density at radius 3 is 2.71 bits per heavy atom. The molecule has 0 aromatic carbocycles. The Morgan fingerprint density at radius 1 is 1.53 bits per heavy atom. The van der Waals surface area contributed by atoms with Crippen LogP contribution >= 0.6 is 0 Å². The van der Waals surface area contributed by atoms with E-state index in [9.17, 15) is 14.4 Å². The molecule has 0 aliphatic heterocycles. The lowest BCUT2D eigenvalue weighted by molar-refractivity contribution is -0.146. The van der Waals surface area contributed by atoms with Crippen molar-refractivity contribution in [1.29, 1.82) is 0 Å². The van der Waals surface area contributed by atoms with E-state index in [1.165, 1.54) is 23.9 Å². The van der Waals surface area contributed by atoms with Gasteiger partial charge in [-0.3, -0.25) is 9.59 Å². The Bertz CT molecular complexity index is 494. The highest BCUT2D eigenvalue weighted by molar-refractivity contribution is 5.94. The number of carboxylic acids is 1. The van der Waals surface area contributed by atoms with E-state index in [4.69, 9.17) is 10.2 Å². The Kier molecular flexibility index (Phi) is 4.00. The fourth-order valence-corrected chi connectivity index (χ4v) is 1.07. The smallest absolute Gasteiger partial charge is 0.334 e. The van der Waals surface area contributed by atoms with Crippen molar-refractivity contribution in [3.05, 3.63) is 34.2 Å². The first-order valence-corrected chi connectivity index (χ1v) is 4.77. The zero-order chi connectivity index (χ0) is 13.0. The van der Waals surface area contributed by atoms with E-state index in [2.05, 4.69) is 5.32 Å². The van der Waals surface area contributed by atoms with E-state index >= 15 is 0 Å². The van der Waals surface area contributed by atoms with Gasteiger partial charge >= 0.3 is 5.97 Å². The first-order valence-electron chi connectivity index (χ1n) is 4.77. The van der Waals surface area contributed by atoms with Gasteiger partial charge in [-0.25, -0.2) is 4.79 Å². The third kappa shape index (κ3) is 3.42. The molecule has 92 valence electrons. The lowest BCUT2D eigenvalue weighted by Gasteiger charge is -2.07. The molecule has 0 saturated heterocycles. The van der Waals surface area contributed by atoms with E-state index in [0.717, 1.165) is 6.07 Å². The Balaban J connectivity index is 2.67. The van der Waals surface area contributed by atoms with Gasteiger partial charge in [-0.15, -0.1) is 0 Å². The molecule has 0 bridgehead atoms. The van der Waals surface area contributed by atoms with Crippen LogP contribution in [0.15, 0.2) is 23.1 Å². The molecular weight excluding hydrogens is 228 g/mol. The third-order valence-corrected chi connectivity index (χ3v) is 2.11. The van der Waals surface area contributed by atoms with Crippen molar-refractivity contribution in [2.75, 3.05) is 6.54 Å². The number of pyridine rings is 1. The van der Waals surface area contributed by atoms with Gasteiger partial charge in [0.1, 0.15) is 0 Å². The second kappa shape index (κ2) is 5.26. The first kappa shape index (κ1) is 12.9. The number of carboxylic acid groups (broad SMARTS) is 1. The number of rotatable bonds is 4. The molecule has 1 aromatic heterocycles. The number of amides is 1. The predicted molar refractivity (Wildman–Crippen MR) is 57.7 cm³/mol. The van der Waals surface area contributed by atoms with Gasteiger partial charge in [0, 0.05) is 24.9 Å². The van der Waals surface area contributed by atoms with Crippen LogP contribution in [0, 0.1) is 0 Å². The zero-order valence-electron chi connectivity index (χ0n) is 9.08. The fraction of sp³-hybridized carbons (Fsp3) is 0.300. The molecule has 0 spiro atoms. The average molecular weight is 240 g/mol. The fourth-order valence-electron chi connectivity index (χ4n) is 1.07. The minimum absolute atomic E-state index is 0.116. The summed E-state index contributed by atoms with van der Waals surface area (Å²) in [5.74, 6) is -2.03. The molecule has 17 heavy (non-hydrogen) atoms. The van der Waals surface area contributed by atoms with Crippen molar-refractivity contribution >= 4 is 11.9 Å². The number of aliphatic carboxylic acids is 1. The average Bonchev–Trinajstić information content (AvgIpc) is 2.28. The Hall–Kier alpha value is -2.15. The second-order valence-corrected chi connectivity index (χ2v) is 3.43. The van der Waals surface area contributed by atoms with Crippen LogP contribution < -0.4 is 10.9 Å². The van der Waals surface area contributed by atoms with Crippen LogP contribution in [0.25, 0.3) is 0 Å². The molecule has 1 rings (SSSR count). The van der Waals surface area contributed by atoms with Crippen LogP contribution in [0.1, 0.15) is 10.4 Å². The molecule has 1 aromatic rings. The summed E-state index contributed by atoms with van der Waals surface area (Å²) in [5.41, 5.74) is -0.234. The van der Waals surface area contributed by atoms with Crippen LogP contribution in [0.2, 0.25) is 0 Å². The molecule has 0 saturated carbocycles. The van der Waals surface area contributed by atoms with Crippen LogP contribution in [0.3, 0.4) is 0 Å². The van der Waals surface area contributed by atoms with Crippen molar-refractivity contribution in [2.45, 2.75) is 6.10 Å². The molecule has 1 atom stereocenters. The number of hydrogen-bond donors (Lipinski definition) is 3. The van der Waals surface area contributed by atoms with E-state index in [0.29, 0.717) is 0 Å². The van der Waals surface area contributed by atoms with Crippen molar-refractivity contribution in [3.8, 4) is 0 Å². The molecule has 0 radical (unpaired) electrons. The van der Waals surface area contributed by atoms with Crippen molar-refractivity contribution in [3.63, 3.8) is 0 Å². The number of carbonyl (C=O) groups is 2. The number of carbonyl (C=O) groups excluding carboxylic acids is 1. The summed E-state index contributed by atoms with van der Waals surface area (Å²) in [6.07, 6.45) is -0.240. The lowest BCUT2D eigenvalue weighted by Crippen LogP contribution is -2.36. The van der Waals surface area contributed by atoms with Crippen LogP contribution in [0.5, 0.6) is 0 Å². The molecule has 7 nitrogen and oxygen atoms in total. The summed E-state index contributed by atoms with van der Waals surface area (Å²) >= 11 is 0. The minimum atomic E-state index is -1.66. The molecule has 1 unspecified atom stereocenters. The topological polar surface area (TPSA) is 109 Å². The third-order valence-electron chi connectivity index (χ3n) is 2.11. The van der Waals surface area contributed by atoms with E-state index in [1.807, 2.05) is 0 Å². The Morgan fingerprint density at radius 2 is 2.18 bits per heavy atom. The molecule has 0 aliphatic rings. The SMILES string of the molecule is Cn1ccc(C(=O)NCC(O)C(=O)O)cc1=O. The maximum absolute atomic E-state index is 11.5. The molecule has 0 aliphatic carbocycles. The van der Waals surface area contributed by atoms with E-state index < -0.39 is 24.5 Å². The summed E-state index contributed by atoms with van der Waals surface area (Å²) in [4.78, 5) is 33.0. The highest BCUT2D eigenvalue weighted by Gasteiger charge is 2.15. The predicted octanol–water partition coefficient (Wildman–Crippen LogP) is -1.44. The number of hydrogen-bond acceptors (Lipinski definition) is 4. The zero-order valence-corrected chi connectivity index (χ0v) is 9.08. The number of nitrogens with zero attached hydrogens (tertiary/aromatic N) is 1. The molecule has 1 amide bonds. The number of aliphatic hydroxyl groups is 1. The quantitative estimate of drug-likeness (QED) is 0.597. The van der Waals surface area contributed by atoms with Crippen LogP contribution in [-0.4, -0.2) is 39.3 Å². The maximum Gasteiger partial charge on any atom is 0.334 e. The van der Waals surface area contributed by atoms with Gasteiger partial charge in [0.05, 0.1) is 6.54 Å². The van der Waals surface area contributed by atoms with Gasteiger partial charge in [-0.2, -0.15) is 0 Å². The molecule has 1 heterocycles. The monoisotopic (exact) mass is 240 g/mol. The van der Waals surface area contributed by atoms with E-state index in [-0.39, 0.29) is 11.1 Å². The number of aryl methyl sites for hydroxylation is 1. The molecule has 0 fully saturated rings. The first-order chi connectivity index (χ1) is 7.91. The summed E-state index contributed by atoms with van der Waals surface area (Å²) in [6, 6.07) is 2.55. The van der Waals surface area contributed by atoms with Gasteiger partial charge < -0.3 is 20.1 Å². The summed E-state index contributed by atoms with van der Waals surface area (Å²) in [7, 11) is 1.54. The molecular formula is C10H12N2O5. The highest BCUT2D eigenvalue weighted by atomic mass is 16.4. The summed E-state index contributed by atoms with van der Waals surface area (Å²) < 4.78 is 1.29. The standard InChI is InChI=1S/C10H12N2O5/c1-12-3-2-6(4-8(12)14)9(15)11-5-7(13)10(16)17/h2-4,7,13H,5H2,1H3,(H,11,15)(H,16,17). The molecule has 3 N–H and O–H groups in total.